The molecule has 0 saturated heterocycles. The molecule has 6 nitrogen and oxygen atoms in total. The fraction of sp³-hybridized carbons (Fsp3) is 0.474. The smallest absolute Gasteiger partial charge is 0.226 e. The van der Waals surface area contributed by atoms with Gasteiger partial charge >= 0.3 is 0 Å². The van der Waals surface area contributed by atoms with Gasteiger partial charge in [-0.25, -0.2) is 0 Å². The lowest BCUT2D eigenvalue weighted by Crippen LogP contribution is -2.28. The van der Waals surface area contributed by atoms with E-state index in [0.717, 1.165) is 40.5 Å². The number of benzene rings is 1. The van der Waals surface area contributed by atoms with Gasteiger partial charge < -0.3 is 18.9 Å². The lowest BCUT2D eigenvalue weighted by Gasteiger charge is -2.17. The molecule has 0 unspecified atom stereocenters. The molecule has 0 aliphatic heterocycles. The van der Waals surface area contributed by atoms with E-state index in [2.05, 4.69) is 5.16 Å². The van der Waals surface area contributed by atoms with Crippen molar-refractivity contribution < 1.29 is 18.8 Å². The molecule has 0 bridgehead atoms. The van der Waals surface area contributed by atoms with Crippen LogP contribution in [-0.4, -0.2) is 37.2 Å². The van der Waals surface area contributed by atoms with Crippen LogP contribution in [0.2, 0.25) is 0 Å². The summed E-state index contributed by atoms with van der Waals surface area (Å²) in [5.74, 6) is 2.62. The first-order valence-corrected chi connectivity index (χ1v) is 8.34. The summed E-state index contributed by atoms with van der Waals surface area (Å²) in [6.07, 6.45) is 0.828. The predicted octanol–water partition coefficient (Wildman–Crippen LogP) is 3.07. The van der Waals surface area contributed by atoms with Crippen molar-refractivity contribution in [3.05, 3.63) is 40.8 Å². The average Bonchev–Trinajstić information content (AvgIpc) is 3.36. The van der Waals surface area contributed by atoms with Crippen LogP contribution in [-0.2, 0) is 11.3 Å². The summed E-state index contributed by atoms with van der Waals surface area (Å²) in [5, 5.41) is 3.95. The number of methoxy groups -OCH3 is 2. The highest BCUT2D eigenvalue weighted by Gasteiger charge is 2.46. The molecule has 25 heavy (non-hydrogen) atoms. The highest BCUT2D eigenvalue weighted by Crippen LogP contribution is 2.52. The SMILES string of the molecule is COc1ccc(OC)c([C@H]2C[C@H]2C(=O)N(C)Cc2c(C)noc2C)c1. The van der Waals surface area contributed by atoms with Crippen molar-refractivity contribution in [2.75, 3.05) is 21.3 Å². The monoisotopic (exact) mass is 344 g/mol. The summed E-state index contributed by atoms with van der Waals surface area (Å²) in [6, 6.07) is 5.72. The summed E-state index contributed by atoms with van der Waals surface area (Å²) in [7, 11) is 5.11. The summed E-state index contributed by atoms with van der Waals surface area (Å²) in [6.45, 7) is 4.28. The summed E-state index contributed by atoms with van der Waals surface area (Å²) in [5.41, 5.74) is 2.84. The fourth-order valence-electron chi connectivity index (χ4n) is 3.27. The number of nitrogens with zero attached hydrogens (tertiary/aromatic N) is 2. The van der Waals surface area contributed by atoms with Crippen molar-refractivity contribution in [2.24, 2.45) is 5.92 Å². The molecule has 1 aromatic heterocycles. The zero-order chi connectivity index (χ0) is 18.1. The van der Waals surface area contributed by atoms with Crippen LogP contribution in [0.3, 0.4) is 0 Å². The molecule has 1 fully saturated rings. The average molecular weight is 344 g/mol. The number of hydrogen-bond donors (Lipinski definition) is 0. The van der Waals surface area contributed by atoms with Crippen LogP contribution in [0.5, 0.6) is 11.5 Å². The van der Waals surface area contributed by atoms with Crippen molar-refractivity contribution in [3.8, 4) is 11.5 Å². The summed E-state index contributed by atoms with van der Waals surface area (Å²) < 4.78 is 15.9. The third-order valence-corrected chi connectivity index (χ3v) is 4.90. The van der Waals surface area contributed by atoms with Crippen LogP contribution in [0.25, 0.3) is 0 Å². The second-order valence-corrected chi connectivity index (χ2v) is 6.55. The minimum absolute atomic E-state index is 0.0218. The molecule has 1 amide bonds. The summed E-state index contributed by atoms with van der Waals surface area (Å²) >= 11 is 0. The van der Waals surface area contributed by atoms with E-state index < -0.39 is 0 Å². The molecule has 1 aromatic carbocycles. The van der Waals surface area contributed by atoms with Gasteiger partial charge in [0.25, 0.3) is 0 Å². The zero-order valence-corrected chi connectivity index (χ0v) is 15.3. The van der Waals surface area contributed by atoms with E-state index in [1.165, 1.54) is 0 Å². The van der Waals surface area contributed by atoms with Crippen molar-refractivity contribution in [2.45, 2.75) is 32.7 Å². The predicted molar refractivity (Wildman–Crippen MR) is 92.8 cm³/mol. The van der Waals surface area contributed by atoms with E-state index in [1.807, 2.05) is 39.1 Å². The molecular weight excluding hydrogens is 320 g/mol. The Labute approximate surface area is 147 Å². The van der Waals surface area contributed by atoms with Crippen molar-refractivity contribution in [1.82, 2.24) is 10.1 Å². The van der Waals surface area contributed by atoms with E-state index in [-0.39, 0.29) is 17.7 Å². The maximum atomic E-state index is 12.8. The molecular formula is C19H24N2O4. The second-order valence-electron chi connectivity index (χ2n) is 6.55. The molecule has 0 spiro atoms. The highest BCUT2D eigenvalue weighted by atomic mass is 16.5. The first-order valence-electron chi connectivity index (χ1n) is 8.34. The molecule has 2 aromatic rings. The number of aryl methyl sites for hydroxylation is 2. The van der Waals surface area contributed by atoms with Crippen LogP contribution in [0.15, 0.2) is 22.7 Å². The molecule has 3 rings (SSSR count). The molecule has 1 aliphatic carbocycles. The quantitative estimate of drug-likeness (QED) is 0.806. The van der Waals surface area contributed by atoms with Gasteiger partial charge in [-0.3, -0.25) is 4.79 Å². The minimum atomic E-state index is -0.0218. The van der Waals surface area contributed by atoms with Crippen molar-refractivity contribution >= 4 is 5.91 Å². The van der Waals surface area contributed by atoms with E-state index >= 15 is 0 Å². The molecule has 2 atom stereocenters. The molecule has 1 aliphatic rings. The molecule has 134 valence electrons. The Balaban J connectivity index is 1.72. The zero-order valence-electron chi connectivity index (χ0n) is 15.3. The Morgan fingerprint density at radius 3 is 2.68 bits per heavy atom. The van der Waals surface area contributed by atoms with Gasteiger partial charge in [0.1, 0.15) is 17.3 Å². The van der Waals surface area contributed by atoms with Gasteiger partial charge in [-0.1, -0.05) is 5.16 Å². The number of aromatic nitrogens is 1. The lowest BCUT2D eigenvalue weighted by molar-refractivity contribution is -0.131. The van der Waals surface area contributed by atoms with Gasteiger partial charge in [0, 0.05) is 30.0 Å². The minimum Gasteiger partial charge on any atom is -0.497 e. The Kier molecular flexibility index (Phi) is 4.70. The molecule has 6 heteroatoms. The number of ether oxygens (including phenoxy) is 2. The topological polar surface area (TPSA) is 64.8 Å². The maximum absolute atomic E-state index is 12.8. The van der Waals surface area contributed by atoms with Crippen LogP contribution in [0, 0.1) is 19.8 Å². The van der Waals surface area contributed by atoms with Crippen molar-refractivity contribution in [3.63, 3.8) is 0 Å². The van der Waals surface area contributed by atoms with Gasteiger partial charge in [-0.05, 0) is 38.5 Å². The first-order chi connectivity index (χ1) is 12.0. The largest absolute Gasteiger partial charge is 0.497 e. The Hall–Kier alpha value is -2.50. The number of carbonyl (C=O) groups is 1. The Bertz CT molecular complexity index is 764. The van der Waals surface area contributed by atoms with E-state index in [1.54, 1.807) is 19.1 Å². The summed E-state index contributed by atoms with van der Waals surface area (Å²) in [4.78, 5) is 14.5. The second kappa shape index (κ2) is 6.78. The highest BCUT2D eigenvalue weighted by molar-refractivity contribution is 5.83. The molecule has 1 saturated carbocycles. The van der Waals surface area contributed by atoms with Crippen molar-refractivity contribution in [1.29, 1.82) is 0 Å². The van der Waals surface area contributed by atoms with Crippen LogP contribution < -0.4 is 9.47 Å². The first kappa shape index (κ1) is 17.3. The van der Waals surface area contributed by atoms with Gasteiger partial charge in [0.2, 0.25) is 5.91 Å². The molecule has 0 radical (unpaired) electrons. The lowest BCUT2D eigenvalue weighted by atomic mass is 10.1. The van der Waals surface area contributed by atoms with E-state index in [4.69, 9.17) is 14.0 Å². The van der Waals surface area contributed by atoms with Gasteiger partial charge in [0.05, 0.1) is 26.5 Å². The maximum Gasteiger partial charge on any atom is 0.226 e. The molecule has 1 heterocycles. The van der Waals surface area contributed by atoms with Gasteiger partial charge in [0.15, 0.2) is 0 Å². The van der Waals surface area contributed by atoms with Gasteiger partial charge in [-0.15, -0.1) is 0 Å². The third-order valence-electron chi connectivity index (χ3n) is 4.90. The molecule has 0 N–H and O–H groups in total. The normalized spacial score (nSPS) is 18.8. The van der Waals surface area contributed by atoms with Gasteiger partial charge in [-0.2, -0.15) is 0 Å². The van der Waals surface area contributed by atoms with E-state index in [0.29, 0.717) is 6.54 Å². The number of carbonyl (C=O) groups excluding carboxylic acids is 1. The number of amides is 1. The Morgan fingerprint density at radius 1 is 1.32 bits per heavy atom. The third kappa shape index (κ3) is 3.34. The number of hydrogen-bond acceptors (Lipinski definition) is 5. The van der Waals surface area contributed by atoms with Crippen LogP contribution in [0.1, 0.15) is 34.9 Å². The Morgan fingerprint density at radius 2 is 2.08 bits per heavy atom. The van der Waals surface area contributed by atoms with E-state index in [9.17, 15) is 4.79 Å². The standard InChI is InChI=1S/C19H24N2O4/c1-11-17(12(2)25-20-11)10-21(3)19(22)16-9-14(16)15-8-13(23-4)6-7-18(15)24-5/h6-8,14,16H,9-10H2,1-5H3/t14-,16-/m1/s1. The number of rotatable bonds is 6. The van der Waals surface area contributed by atoms with Crippen LogP contribution in [0.4, 0.5) is 0 Å². The van der Waals surface area contributed by atoms with Crippen LogP contribution >= 0.6 is 0 Å². The fourth-order valence-corrected chi connectivity index (χ4v) is 3.27.